The molecule has 0 aliphatic rings. The summed E-state index contributed by atoms with van der Waals surface area (Å²) in [4.78, 5) is 0. The van der Waals surface area contributed by atoms with Gasteiger partial charge in [-0.25, -0.2) is 0 Å². The van der Waals surface area contributed by atoms with Crippen molar-refractivity contribution >= 4 is 0 Å². The van der Waals surface area contributed by atoms with E-state index in [1.165, 1.54) is 57.8 Å². The van der Waals surface area contributed by atoms with E-state index in [0.717, 1.165) is 32.1 Å². The van der Waals surface area contributed by atoms with Gasteiger partial charge in [-0.1, -0.05) is 97.3 Å². The second-order valence-electron chi connectivity index (χ2n) is 8.34. The molecule has 0 saturated heterocycles. The number of ether oxygens (including phenoxy) is 1. The molecule has 0 aromatic heterocycles. The fourth-order valence-corrected chi connectivity index (χ4v) is 3.52. The zero-order valence-corrected chi connectivity index (χ0v) is 18.6. The second-order valence-corrected chi connectivity index (χ2v) is 8.34. The Balaban J connectivity index is 3.89. The fourth-order valence-electron chi connectivity index (χ4n) is 3.52. The lowest BCUT2D eigenvalue weighted by molar-refractivity contribution is -0.161. The van der Waals surface area contributed by atoms with Crippen LogP contribution in [0.2, 0.25) is 0 Å². The van der Waals surface area contributed by atoms with Gasteiger partial charge in [0.15, 0.2) is 0 Å². The van der Waals surface area contributed by atoms with Crippen molar-refractivity contribution in [3.05, 3.63) is 0 Å². The number of aliphatic hydroxyl groups is 4. The van der Waals surface area contributed by atoms with Crippen LogP contribution in [0.3, 0.4) is 0 Å². The minimum atomic E-state index is -1.66. The van der Waals surface area contributed by atoms with Gasteiger partial charge >= 0.3 is 0 Å². The van der Waals surface area contributed by atoms with Crippen molar-refractivity contribution < 1.29 is 25.2 Å². The third-order valence-electron chi connectivity index (χ3n) is 5.58. The average Bonchev–Trinajstić information content (AvgIpc) is 2.70. The van der Waals surface area contributed by atoms with Crippen LogP contribution in [0.1, 0.15) is 110 Å². The highest BCUT2D eigenvalue weighted by Gasteiger charge is 2.39. The Kier molecular flexibility index (Phi) is 18.7. The minimum Gasteiger partial charge on any atom is -0.393 e. The van der Waals surface area contributed by atoms with E-state index in [1.807, 2.05) is 0 Å². The number of rotatable bonds is 21. The molecule has 0 fully saturated rings. The molecule has 28 heavy (non-hydrogen) atoms. The van der Waals surface area contributed by atoms with Crippen LogP contribution in [-0.2, 0) is 4.74 Å². The van der Waals surface area contributed by atoms with Gasteiger partial charge in [0.05, 0.1) is 13.2 Å². The van der Waals surface area contributed by atoms with Crippen molar-refractivity contribution in [1.82, 2.24) is 0 Å². The molecule has 3 unspecified atom stereocenters. The van der Waals surface area contributed by atoms with Gasteiger partial charge in [-0.3, -0.25) is 0 Å². The summed E-state index contributed by atoms with van der Waals surface area (Å²) in [5, 5.41) is 40.5. The highest BCUT2D eigenvalue weighted by Crippen LogP contribution is 2.22. The monoisotopic (exact) mass is 404 g/mol. The van der Waals surface area contributed by atoms with Crippen molar-refractivity contribution in [2.45, 2.75) is 128 Å². The molecule has 0 bridgehead atoms. The summed E-state index contributed by atoms with van der Waals surface area (Å²) >= 11 is 0. The molecule has 5 heteroatoms. The number of hydrogen-bond donors (Lipinski definition) is 4. The first-order valence-electron chi connectivity index (χ1n) is 11.8. The van der Waals surface area contributed by atoms with E-state index in [9.17, 15) is 20.4 Å². The van der Waals surface area contributed by atoms with E-state index >= 15 is 0 Å². The highest BCUT2D eigenvalue weighted by molar-refractivity contribution is 4.90. The molecule has 5 nitrogen and oxygen atoms in total. The number of aliphatic hydroxyl groups excluding tert-OH is 3. The van der Waals surface area contributed by atoms with Crippen LogP contribution in [0, 0.1) is 0 Å². The Morgan fingerprint density at radius 2 is 1.18 bits per heavy atom. The fraction of sp³-hybridized carbons (Fsp3) is 1.00. The van der Waals surface area contributed by atoms with Crippen molar-refractivity contribution in [3.8, 4) is 0 Å². The number of hydrogen-bond acceptors (Lipinski definition) is 5. The molecule has 3 atom stereocenters. The molecule has 0 heterocycles. The van der Waals surface area contributed by atoms with E-state index in [1.54, 1.807) is 0 Å². The maximum Gasteiger partial charge on any atom is 0.116 e. The quantitative estimate of drug-likeness (QED) is 0.214. The summed E-state index contributed by atoms with van der Waals surface area (Å²) in [5.41, 5.74) is -1.66. The van der Waals surface area contributed by atoms with Crippen molar-refractivity contribution in [2.24, 2.45) is 0 Å². The van der Waals surface area contributed by atoms with Gasteiger partial charge in [-0.05, 0) is 12.8 Å². The van der Waals surface area contributed by atoms with Crippen LogP contribution < -0.4 is 0 Å². The summed E-state index contributed by atoms with van der Waals surface area (Å²) in [5.74, 6) is 0. The maximum absolute atomic E-state index is 10.5. The zero-order chi connectivity index (χ0) is 21.1. The van der Waals surface area contributed by atoms with Crippen LogP contribution in [0.5, 0.6) is 0 Å². The Bertz CT molecular complexity index is 326. The van der Waals surface area contributed by atoms with E-state index in [0.29, 0.717) is 6.61 Å². The summed E-state index contributed by atoms with van der Waals surface area (Å²) in [6, 6.07) is 0. The van der Waals surface area contributed by atoms with Gasteiger partial charge in [-0.2, -0.15) is 0 Å². The molecule has 0 aromatic carbocycles. The Hall–Kier alpha value is -0.200. The topological polar surface area (TPSA) is 90.2 Å². The van der Waals surface area contributed by atoms with Crippen LogP contribution in [0.4, 0.5) is 0 Å². The van der Waals surface area contributed by atoms with E-state index in [4.69, 9.17) is 4.74 Å². The Morgan fingerprint density at radius 3 is 1.68 bits per heavy atom. The highest BCUT2D eigenvalue weighted by atomic mass is 16.5. The number of unbranched alkanes of at least 4 members (excludes halogenated alkanes) is 12. The molecular formula is C23H48O5. The third-order valence-corrected chi connectivity index (χ3v) is 5.58. The smallest absolute Gasteiger partial charge is 0.116 e. The lowest BCUT2D eigenvalue weighted by Gasteiger charge is -2.34. The van der Waals surface area contributed by atoms with Crippen LogP contribution in [0.25, 0.3) is 0 Å². The van der Waals surface area contributed by atoms with Gasteiger partial charge in [0.25, 0.3) is 0 Å². The van der Waals surface area contributed by atoms with E-state index < -0.39 is 24.4 Å². The molecule has 0 spiro atoms. The van der Waals surface area contributed by atoms with Crippen LogP contribution >= 0.6 is 0 Å². The summed E-state index contributed by atoms with van der Waals surface area (Å²) in [7, 11) is 0. The zero-order valence-electron chi connectivity index (χ0n) is 18.6. The normalized spacial score (nSPS) is 16.1. The first-order chi connectivity index (χ1) is 13.5. The molecule has 0 aromatic rings. The van der Waals surface area contributed by atoms with Gasteiger partial charge in [0.2, 0.25) is 0 Å². The van der Waals surface area contributed by atoms with Crippen molar-refractivity contribution in [3.63, 3.8) is 0 Å². The van der Waals surface area contributed by atoms with Crippen LogP contribution in [-0.4, -0.2) is 58.1 Å². The minimum absolute atomic E-state index is 0.0175. The lowest BCUT2D eigenvalue weighted by Crippen LogP contribution is -2.53. The maximum atomic E-state index is 10.5. The van der Waals surface area contributed by atoms with Gasteiger partial charge in [0.1, 0.15) is 17.8 Å². The predicted octanol–water partition coefficient (Wildman–Crippen LogP) is 4.34. The first kappa shape index (κ1) is 27.8. The standard InChI is InChI=1S/C23H48O5/c1-3-5-7-9-11-13-15-17-23(27,20-24)22(26)21(25)19-28-18-16-14-12-10-8-6-4-2/h21-22,24-27H,3-20H2,1-2H3. The molecule has 0 aliphatic carbocycles. The SMILES string of the molecule is CCCCCCCCCOCC(O)C(O)C(O)(CO)CCCCCCCCC. The molecule has 0 saturated carbocycles. The van der Waals surface area contributed by atoms with Crippen molar-refractivity contribution in [1.29, 1.82) is 0 Å². The predicted molar refractivity (Wildman–Crippen MR) is 115 cm³/mol. The molecular weight excluding hydrogens is 356 g/mol. The van der Waals surface area contributed by atoms with Crippen molar-refractivity contribution in [2.75, 3.05) is 19.8 Å². The van der Waals surface area contributed by atoms with Gasteiger partial charge in [-0.15, -0.1) is 0 Å². The second kappa shape index (κ2) is 18.8. The van der Waals surface area contributed by atoms with Gasteiger partial charge < -0.3 is 25.2 Å². The molecule has 0 rings (SSSR count). The van der Waals surface area contributed by atoms with Crippen LogP contribution in [0.15, 0.2) is 0 Å². The Morgan fingerprint density at radius 1 is 0.714 bits per heavy atom. The largest absolute Gasteiger partial charge is 0.393 e. The van der Waals surface area contributed by atoms with Gasteiger partial charge in [0, 0.05) is 6.61 Å². The third kappa shape index (κ3) is 13.9. The molecule has 0 radical (unpaired) electrons. The lowest BCUT2D eigenvalue weighted by atomic mass is 9.88. The Labute approximate surface area is 173 Å². The molecule has 170 valence electrons. The molecule has 0 amide bonds. The average molecular weight is 405 g/mol. The summed E-state index contributed by atoms with van der Waals surface area (Å²) < 4.78 is 5.46. The van der Waals surface area contributed by atoms with E-state index in [2.05, 4.69) is 13.8 Å². The molecule has 0 aliphatic heterocycles. The summed E-state index contributed by atoms with van der Waals surface area (Å²) in [6.07, 6.45) is 13.7. The first-order valence-corrected chi connectivity index (χ1v) is 11.8. The molecule has 4 N–H and O–H groups in total. The summed E-state index contributed by atoms with van der Waals surface area (Å²) in [6.45, 7) is 4.37. The van der Waals surface area contributed by atoms with E-state index in [-0.39, 0.29) is 13.0 Å².